The highest BCUT2D eigenvalue weighted by molar-refractivity contribution is 7.94. The number of benzene rings is 2. The minimum atomic E-state index is -3.71. The predicted molar refractivity (Wildman–Crippen MR) is 130 cm³/mol. The van der Waals surface area contributed by atoms with Crippen molar-refractivity contribution < 1.29 is 8.42 Å². The van der Waals surface area contributed by atoms with E-state index in [0.717, 1.165) is 39.5 Å². The highest BCUT2D eigenvalue weighted by atomic mass is 35.5. The maximum atomic E-state index is 13.2. The van der Waals surface area contributed by atoms with Gasteiger partial charge >= 0.3 is 0 Å². The van der Waals surface area contributed by atoms with Crippen LogP contribution in [0.25, 0.3) is 21.0 Å². The summed E-state index contributed by atoms with van der Waals surface area (Å²) in [5.41, 5.74) is 3.54. The molecule has 1 fully saturated rings. The summed E-state index contributed by atoms with van der Waals surface area (Å²) >= 11 is 7.37. The maximum absolute atomic E-state index is 13.2. The van der Waals surface area contributed by atoms with Crippen molar-refractivity contribution in [1.82, 2.24) is 9.88 Å². The Morgan fingerprint density at radius 1 is 1.23 bits per heavy atom. The molecule has 0 aliphatic carbocycles. The van der Waals surface area contributed by atoms with Crippen molar-refractivity contribution in [2.24, 2.45) is 0 Å². The largest absolute Gasteiger partial charge is 0.361 e. The van der Waals surface area contributed by atoms with E-state index in [1.165, 1.54) is 29.7 Å². The molecule has 8 heteroatoms. The summed E-state index contributed by atoms with van der Waals surface area (Å²) < 4.78 is 30.4. The summed E-state index contributed by atoms with van der Waals surface area (Å²) in [7, 11) is -1.53. The molecular formula is C23H24ClN3O2S2. The lowest BCUT2D eigenvalue weighted by molar-refractivity contribution is 0.310. The number of H-pyrrole nitrogens is 1. The first-order valence-corrected chi connectivity index (χ1v) is 13.0. The number of aromatic nitrogens is 1. The van der Waals surface area contributed by atoms with Gasteiger partial charge in [-0.25, -0.2) is 8.42 Å². The van der Waals surface area contributed by atoms with Crippen LogP contribution in [0.5, 0.6) is 0 Å². The van der Waals surface area contributed by atoms with Crippen molar-refractivity contribution in [3.8, 4) is 0 Å². The molecule has 162 valence electrons. The average molecular weight is 474 g/mol. The Bertz CT molecular complexity index is 1390. The molecule has 1 aliphatic heterocycles. The van der Waals surface area contributed by atoms with Gasteiger partial charge in [-0.3, -0.25) is 4.72 Å². The lowest BCUT2D eigenvalue weighted by Gasteiger charge is -2.18. The minimum absolute atomic E-state index is 0.326. The van der Waals surface area contributed by atoms with E-state index in [1.807, 2.05) is 31.2 Å². The highest BCUT2D eigenvalue weighted by Crippen LogP contribution is 2.36. The fourth-order valence-electron chi connectivity index (χ4n) is 4.53. The number of sulfonamides is 1. The smallest absolute Gasteiger partial charge is 0.271 e. The first-order valence-electron chi connectivity index (χ1n) is 10.3. The zero-order chi connectivity index (χ0) is 21.8. The third-order valence-electron chi connectivity index (χ3n) is 6.25. The Hall–Kier alpha value is -2.06. The van der Waals surface area contributed by atoms with Crippen LogP contribution in [0.3, 0.4) is 0 Å². The summed E-state index contributed by atoms with van der Waals surface area (Å²) in [5, 5.41) is 2.55. The van der Waals surface area contributed by atoms with E-state index in [2.05, 4.69) is 27.9 Å². The molecule has 3 heterocycles. The molecule has 1 aliphatic rings. The van der Waals surface area contributed by atoms with Gasteiger partial charge in [0.15, 0.2) is 0 Å². The van der Waals surface area contributed by atoms with Gasteiger partial charge in [-0.15, -0.1) is 11.3 Å². The van der Waals surface area contributed by atoms with Crippen LogP contribution in [0, 0.1) is 6.92 Å². The van der Waals surface area contributed by atoms with Crippen LogP contribution in [0.4, 0.5) is 5.69 Å². The number of fused-ring (bicyclic) bond motifs is 2. The Morgan fingerprint density at radius 3 is 2.84 bits per heavy atom. The van der Waals surface area contributed by atoms with E-state index in [9.17, 15) is 8.42 Å². The first kappa shape index (κ1) is 20.8. The van der Waals surface area contributed by atoms with Crippen LogP contribution in [0.1, 0.15) is 24.0 Å². The molecule has 1 atom stereocenters. The van der Waals surface area contributed by atoms with Crippen LogP contribution in [-0.2, 0) is 16.4 Å². The third kappa shape index (κ3) is 3.84. The Labute approximate surface area is 191 Å². The summed E-state index contributed by atoms with van der Waals surface area (Å²) in [6.07, 6.45) is 5.44. The maximum Gasteiger partial charge on any atom is 0.271 e. The Kier molecular flexibility index (Phi) is 5.25. The zero-order valence-corrected chi connectivity index (χ0v) is 19.8. The van der Waals surface area contributed by atoms with Crippen molar-refractivity contribution in [3.63, 3.8) is 0 Å². The van der Waals surface area contributed by atoms with Gasteiger partial charge in [0.1, 0.15) is 4.21 Å². The van der Waals surface area contributed by atoms with E-state index in [1.54, 1.807) is 12.1 Å². The number of anilines is 1. The van der Waals surface area contributed by atoms with Gasteiger partial charge in [-0.05, 0) is 92.7 Å². The van der Waals surface area contributed by atoms with E-state index >= 15 is 0 Å². The molecule has 4 aromatic rings. The number of nitrogens with zero attached hydrogens (tertiary/aromatic N) is 1. The van der Waals surface area contributed by atoms with Gasteiger partial charge < -0.3 is 9.88 Å². The van der Waals surface area contributed by atoms with Crippen LogP contribution in [0.2, 0.25) is 5.02 Å². The summed E-state index contributed by atoms with van der Waals surface area (Å²) in [5.74, 6) is 0. The fraction of sp³-hybridized carbons (Fsp3) is 0.304. The molecule has 2 aromatic heterocycles. The van der Waals surface area contributed by atoms with Gasteiger partial charge in [0.25, 0.3) is 10.0 Å². The van der Waals surface area contributed by atoms with Gasteiger partial charge in [0.05, 0.1) is 0 Å². The minimum Gasteiger partial charge on any atom is -0.361 e. The molecule has 5 nitrogen and oxygen atoms in total. The number of hydrogen-bond donors (Lipinski definition) is 2. The second-order valence-electron chi connectivity index (χ2n) is 8.32. The summed E-state index contributed by atoms with van der Waals surface area (Å²) in [4.78, 5) is 5.73. The number of likely N-dealkylation sites (tertiary alicyclic amines) is 1. The van der Waals surface area contributed by atoms with E-state index < -0.39 is 10.0 Å². The number of thiophene rings is 1. The fourth-order valence-corrected chi connectivity index (χ4v) is 7.50. The number of hydrogen-bond acceptors (Lipinski definition) is 4. The molecule has 0 amide bonds. The molecule has 0 unspecified atom stereocenters. The van der Waals surface area contributed by atoms with E-state index in [0.29, 0.717) is 21.0 Å². The van der Waals surface area contributed by atoms with E-state index in [-0.39, 0.29) is 0 Å². The van der Waals surface area contributed by atoms with Crippen LogP contribution in [-0.4, -0.2) is 37.9 Å². The van der Waals surface area contributed by atoms with Gasteiger partial charge in [0.2, 0.25) is 0 Å². The molecule has 2 aromatic carbocycles. The first-order chi connectivity index (χ1) is 14.8. The zero-order valence-electron chi connectivity index (χ0n) is 17.4. The molecule has 0 bridgehead atoms. The van der Waals surface area contributed by atoms with Gasteiger partial charge in [-0.2, -0.15) is 0 Å². The average Bonchev–Trinajstić information content (AvgIpc) is 3.41. The van der Waals surface area contributed by atoms with E-state index in [4.69, 9.17) is 11.6 Å². The van der Waals surface area contributed by atoms with Crippen molar-refractivity contribution in [2.75, 3.05) is 18.3 Å². The number of rotatable bonds is 5. The molecular weight excluding hydrogens is 450 g/mol. The summed E-state index contributed by atoms with van der Waals surface area (Å²) in [6, 6.07) is 11.7. The van der Waals surface area contributed by atoms with Crippen LogP contribution < -0.4 is 4.72 Å². The third-order valence-corrected chi connectivity index (χ3v) is 9.75. The monoisotopic (exact) mass is 473 g/mol. The molecule has 1 saturated heterocycles. The van der Waals surface area contributed by atoms with Crippen molar-refractivity contribution in [2.45, 2.75) is 36.4 Å². The van der Waals surface area contributed by atoms with Crippen molar-refractivity contribution in [3.05, 3.63) is 58.7 Å². The van der Waals surface area contributed by atoms with Crippen molar-refractivity contribution in [1.29, 1.82) is 0 Å². The SMILES string of the molecule is Cc1c(S(=O)(=O)Nc2ccc3[nH]cc(C[C@@H]4CCCN4C)c3c2)sc2ccc(Cl)cc12. The predicted octanol–water partition coefficient (Wildman–Crippen LogP) is 5.78. The molecule has 2 N–H and O–H groups in total. The lowest BCUT2D eigenvalue weighted by Crippen LogP contribution is -2.26. The normalized spacial score (nSPS) is 17.7. The Balaban J connectivity index is 1.47. The number of aryl methyl sites for hydroxylation is 1. The van der Waals surface area contributed by atoms with Gasteiger partial charge in [-0.1, -0.05) is 11.6 Å². The molecule has 0 radical (unpaired) electrons. The molecule has 5 rings (SSSR count). The van der Waals surface area contributed by atoms with Crippen LogP contribution >= 0.6 is 22.9 Å². The number of likely N-dealkylation sites (N-methyl/N-ethyl adjacent to an activating group) is 1. The number of aromatic amines is 1. The lowest BCUT2D eigenvalue weighted by atomic mass is 10.0. The standard InChI is InChI=1S/C23H24ClN3O2S2/c1-14-19-11-16(24)5-8-22(19)30-23(14)31(28,29)26-17-6-7-21-20(12-17)15(13-25-21)10-18-4-3-9-27(18)2/h5-8,11-13,18,25-26H,3-4,9-10H2,1-2H3/t18-/m0/s1. The summed E-state index contributed by atoms with van der Waals surface area (Å²) in [6.45, 7) is 2.97. The number of halogens is 1. The highest BCUT2D eigenvalue weighted by Gasteiger charge is 2.24. The number of nitrogens with one attached hydrogen (secondary N) is 2. The van der Waals surface area contributed by atoms with Crippen LogP contribution in [0.15, 0.2) is 46.8 Å². The van der Waals surface area contributed by atoms with Crippen molar-refractivity contribution >= 4 is 59.6 Å². The molecule has 0 spiro atoms. The molecule has 0 saturated carbocycles. The quantitative estimate of drug-likeness (QED) is 0.386. The second kappa shape index (κ2) is 7.81. The second-order valence-corrected chi connectivity index (χ2v) is 11.7. The topological polar surface area (TPSA) is 65.2 Å². The van der Waals surface area contributed by atoms with Gasteiger partial charge in [0, 0.05) is 38.6 Å². The Morgan fingerprint density at radius 2 is 2.06 bits per heavy atom. The molecule has 31 heavy (non-hydrogen) atoms.